The second-order valence-corrected chi connectivity index (χ2v) is 4.32. The van der Waals surface area contributed by atoms with Crippen LogP contribution < -0.4 is 9.47 Å². The quantitative estimate of drug-likeness (QED) is 0.602. The average Bonchev–Trinajstić information content (AvgIpc) is 2.47. The maximum absolute atomic E-state index is 11.1. The van der Waals surface area contributed by atoms with Gasteiger partial charge in [0, 0.05) is 12.3 Å². The van der Waals surface area contributed by atoms with Crippen molar-refractivity contribution in [1.29, 1.82) is 0 Å². The minimum absolute atomic E-state index is 0.0116. The summed E-state index contributed by atoms with van der Waals surface area (Å²) in [6.07, 6.45) is 1.67. The number of benzene rings is 1. The minimum Gasteiger partial charge on any atom is -0.493 e. The Kier molecular flexibility index (Phi) is 4.71. The van der Waals surface area contributed by atoms with Crippen LogP contribution in [0.2, 0.25) is 0 Å². The Balaban J connectivity index is 2.29. The second-order valence-electron chi connectivity index (χ2n) is 4.32. The molecule has 0 aliphatic heterocycles. The number of nitrogens with zero attached hydrogens (tertiary/aromatic N) is 2. The van der Waals surface area contributed by atoms with E-state index in [9.17, 15) is 10.1 Å². The number of aryl methyl sites for hydroxylation is 1. The Morgan fingerprint density at radius 1 is 1.19 bits per heavy atom. The number of nitro groups is 1. The van der Waals surface area contributed by atoms with Crippen LogP contribution in [0.5, 0.6) is 11.5 Å². The zero-order chi connectivity index (χ0) is 15.2. The van der Waals surface area contributed by atoms with Crippen LogP contribution in [-0.4, -0.2) is 16.5 Å². The van der Waals surface area contributed by atoms with Crippen LogP contribution in [0.4, 0.5) is 5.69 Å². The van der Waals surface area contributed by atoms with Crippen molar-refractivity contribution in [3.63, 3.8) is 0 Å². The van der Waals surface area contributed by atoms with Gasteiger partial charge in [-0.1, -0.05) is 6.07 Å². The molecule has 0 spiro atoms. The molecule has 0 fully saturated rings. The highest BCUT2D eigenvalue weighted by Gasteiger charge is 2.19. The number of rotatable bonds is 6. The molecule has 0 saturated heterocycles. The molecule has 0 saturated carbocycles. The number of hydrogen-bond donors (Lipinski definition) is 0. The van der Waals surface area contributed by atoms with Gasteiger partial charge in [-0.3, -0.25) is 15.1 Å². The highest BCUT2D eigenvalue weighted by molar-refractivity contribution is 5.49. The molecule has 0 bridgehead atoms. The van der Waals surface area contributed by atoms with Gasteiger partial charge in [0.2, 0.25) is 0 Å². The largest absolute Gasteiger partial charge is 0.493 e. The highest BCUT2D eigenvalue weighted by Crippen LogP contribution is 2.30. The van der Waals surface area contributed by atoms with E-state index < -0.39 is 4.92 Å². The maximum Gasteiger partial charge on any atom is 0.279 e. The van der Waals surface area contributed by atoms with Crippen molar-refractivity contribution >= 4 is 5.69 Å². The van der Waals surface area contributed by atoms with Crippen molar-refractivity contribution in [3.05, 3.63) is 57.9 Å². The monoisotopic (exact) mass is 288 g/mol. The van der Waals surface area contributed by atoms with Gasteiger partial charge in [-0.15, -0.1) is 0 Å². The Labute approximate surface area is 122 Å². The summed E-state index contributed by atoms with van der Waals surface area (Å²) in [5.74, 6) is 1.06. The third-order valence-electron chi connectivity index (χ3n) is 2.94. The molecule has 1 aromatic heterocycles. The van der Waals surface area contributed by atoms with Crippen LogP contribution in [-0.2, 0) is 6.61 Å². The van der Waals surface area contributed by atoms with E-state index in [1.807, 2.05) is 13.8 Å². The Bertz CT molecular complexity index is 643. The molecule has 1 aromatic carbocycles. The summed E-state index contributed by atoms with van der Waals surface area (Å²) in [4.78, 5) is 14.8. The second kappa shape index (κ2) is 6.69. The first kappa shape index (κ1) is 14.8. The normalized spacial score (nSPS) is 10.2. The van der Waals surface area contributed by atoms with Crippen molar-refractivity contribution in [2.24, 2.45) is 0 Å². The van der Waals surface area contributed by atoms with E-state index in [2.05, 4.69) is 4.98 Å². The predicted octanol–water partition coefficient (Wildman–Crippen LogP) is 3.28. The molecule has 0 radical (unpaired) electrons. The topological polar surface area (TPSA) is 74.5 Å². The van der Waals surface area contributed by atoms with Crippen molar-refractivity contribution in [2.75, 3.05) is 6.61 Å². The van der Waals surface area contributed by atoms with E-state index in [1.165, 1.54) is 6.07 Å². The fourth-order valence-corrected chi connectivity index (χ4v) is 1.93. The van der Waals surface area contributed by atoms with Crippen LogP contribution >= 0.6 is 0 Å². The summed E-state index contributed by atoms with van der Waals surface area (Å²) in [7, 11) is 0. The zero-order valence-electron chi connectivity index (χ0n) is 11.9. The molecule has 110 valence electrons. The van der Waals surface area contributed by atoms with Gasteiger partial charge < -0.3 is 9.47 Å². The van der Waals surface area contributed by atoms with Gasteiger partial charge in [0.25, 0.3) is 5.69 Å². The van der Waals surface area contributed by atoms with E-state index in [-0.39, 0.29) is 12.3 Å². The lowest BCUT2D eigenvalue weighted by Crippen LogP contribution is -2.05. The van der Waals surface area contributed by atoms with Gasteiger partial charge in [0.05, 0.1) is 17.2 Å². The Morgan fingerprint density at radius 2 is 1.95 bits per heavy atom. The van der Waals surface area contributed by atoms with Gasteiger partial charge in [-0.05, 0) is 32.0 Å². The summed E-state index contributed by atoms with van der Waals surface area (Å²) in [6, 6.07) is 8.27. The fraction of sp³-hybridized carbons (Fsp3) is 0.267. The summed E-state index contributed by atoms with van der Waals surface area (Å²) in [6.45, 7) is 4.13. The molecule has 2 rings (SSSR count). The number of hydrogen-bond acceptors (Lipinski definition) is 5. The van der Waals surface area contributed by atoms with Crippen LogP contribution in [0.25, 0.3) is 0 Å². The van der Waals surface area contributed by atoms with E-state index in [0.717, 1.165) is 5.69 Å². The van der Waals surface area contributed by atoms with Crippen LogP contribution in [0, 0.1) is 17.0 Å². The molecule has 0 unspecified atom stereocenters. The lowest BCUT2D eigenvalue weighted by atomic mass is 10.1. The van der Waals surface area contributed by atoms with Gasteiger partial charge in [0.1, 0.15) is 23.7 Å². The molecular weight excluding hydrogens is 272 g/mol. The molecule has 0 aliphatic carbocycles. The number of aromatic nitrogens is 1. The fourth-order valence-electron chi connectivity index (χ4n) is 1.93. The molecule has 1 heterocycles. The molecule has 0 atom stereocenters. The molecular formula is C15H16N2O4. The van der Waals surface area contributed by atoms with E-state index in [1.54, 1.807) is 30.5 Å². The predicted molar refractivity (Wildman–Crippen MR) is 77.6 cm³/mol. The van der Waals surface area contributed by atoms with Crippen molar-refractivity contribution in [2.45, 2.75) is 20.5 Å². The van der Waals surface area contributed by atoms with Crippen LogP contribution in [0.15, 0.2) is 36.5 Å². The summed E-state index contributed by atoms with van der Waals surface area (Å²) in [5, 5.41) is 11.1. The third kappa shape index (κ3) is 3.47. The van der Waals surface area contributed by atoms with Gasteiger partial charge in [-0.25, -0.2) is 0 Å². The number of nitro benzene ring substituents is 1. The maximum atomic E-state index is 11.1. The van der Waals surface area contributed by atoms with E-state index in [4.69, 9.17) is 9.47 Å². The summed E-state index contributed by atoms with van der Waals surface area (Å²) < 4.78 is 11.1. The summed E-state index contributed by atoms with van der Waals surface area (Å²) in [5.41, 5.74) is 1.14. The highest BCUT2D eigenvalue weighted by atomic mass is 16.6. The van der Waals surface area contributed by atoms with Crippen molar-refractivity contribution < 1.29 is 14.4 Å². The first-order chi connectivity index (χ1) is 10.1. The van der Waals surface area contributed by atoms with Crippen molar-refractivity contribution in [3.8, 4) is 11.5 Å². The van der Waals surface area contributed by atoms with Gasteiger partial charge in [0.15, 0.2) is 0 Å². The van der Waals surface area contributed by atoms with Crippen LogP contribution in [0.3, 0.4) is 0 Å². The number of pyridine rings is 1. The SMILES string of the molecule is CCOc1cccc([N+](=O)[O-])c1COc1cccnc1C. The van der Waals surface area contributed by atoms with E-state index in [0.29, 0.717) is 23.7 Å². The first-order valence-electron chi connectivity index (χ1n) is 6.57. The molecule has 0 N–H and O–H groups in total. The van der Waals surface area contributed by atoms with Gasteiger partial charge in [-0.2, -0.15) is 0 Å². The average molecular weight is 288 g/mol. The first-order valence-corrected chi connectivity index (χ1v) is 6.57. The molecule has 21 heavy (non-hydrogen) atoms. The van der Waals surface area contributed by atoms with Crippen molar-refractivity contribution in [1.82, 2.24) is 4.98 Å². The minimum atomic E-state index is -0.433. The molecule has 6 heteroatoms. The Hall–Kier alpha value is -2.63. The van der Waals surface area contributed by atoms with Gasteiger partial charge >= 0.3 is 0 Å². The third-order valence-corrected chi connectivity index (χ3v) is 2.94. The lowest BCUT2D eigenvalue weighted by Gasteiger charge is -2.12. The molecule has 2 aromatic rings. The standard InChI is InChI=1S/C15H16N2O4/c1-3-20-15-7-4-6-13(17(18)19)12(15)10-21-14-8-5-9-16-11(14)2/h4-9H,3,10H2,1-2H3. The molecule has 0 aliphatic rings. The lowest BCUT2D eigenvalue weighted by molar-refractivity contribution is -0.385. The Morgan fingerprint density at radius 3 is 2.62 bits per heavy atom. The smallest absolute Gasteiger partial charge is 0.279 e. The number of ether oxygens (including phenoxy) is 2. The van der Waals surface area contributed by atoms with E-state index >= 15 is 0 Å². The molecule has 6 nitrogen and oxygen atoms in total. The van der Waals surface area contributed by atoms with Crippen LogP contribution in [0.1, 0.15) is 18.2 Å². The summed E-state index contributed by atoms with van der Waals surface area (Å²) >= 11 is 0. The zero-order valence-corrected chi connectivity index (χ0v) is 11.9. The molecule has 0 amide bonds.